The summed E-state index contributed by atoms with van der Waals surface area (Å²) in [5.41, 5.74) is 1.49. The lowest BCUT2D eigenvalue weighted by Crippen LogP contribution is -2.48. The van der Waals surface area contributed by atoms with E-state index in [-0.39, 0.29) is 0 Å². The van der Waals surface area contributed by atoms with Crippen LogP contribution in [0.2, 0.25) is 0 Å². The molecule has 2 atom stereocenters. The molecule has 0 bridgehead atoms. The molecule has 0 spiro atoms. The van der Waals surface area contributed by atoms with Crippen LogP contribution in [0.5, 0.6) is 0 Å². The number of hydrogen-bond acceptors (Lipinski definition) is 3. The topological polar surface area (TPSA) is 73.8 Å². The van der Waals surface area contributed by atoms with Crippen LogP contribution in [0.3, 0.4) is 0 Å². The van der Waals surface area contributed by atoms with Crippen molar-refractivity contribution in [1.82, 2.24) is 10.2 Å². The van der Waals surface area contributed by atoms with Crippen LogP contribution in [0.25, 0.3) is 0 Å². The molecule has 1 aliphatic heterocycles. The van der Waals surface area contributed by atoms with E-state index < -0.39 is 10.0 Å². The number of sulfonamides is 1. The third-order valence-corrected chi connectivity index (χ3v) is 4.72. The Morgan fingerprint density at radius 1 is 1.25 bits per heavy atom. The summed E-state index contributed by atoms with van der Waals surface area (Å²) < 4.78 is 25.6. The van der Waals surface area contributed by atoms with Crippen LogP contribution in [0.1, 0.15) is 25.8 Å². The number of nitrogens with one attached hydrogen (secondary N) is 2. The number of anilines is 1. The normalized spacial score (nSPS) is 22.3. The molecule has 24 heavy (non-hydrogen) atoms. The summed E-state index contributed by atoms with van der Waals surface area (Å²) >= 11 is 0. The molecular formula is C17H28N4O2S. The van der Waals surface area contributed by atoms with E-state index in [4.69, 9.17) is 0 Å². The lowest BCUT2D eigenvalue weighted by atomic mass is 9.92. The summed E-state index contributed by atoms with van der Waals surface area (Å²) in [5.74, 6) is 2.15. The average molecular weight is 353 g/mol. The maximum absolute atomic E-state index is 11.5. The first-order chi connectivity index (χ1) is 11.3. The fraction of sp³-hybridized carbons (Fsp3) is 0.588. The smallest absolute Gasteiger partial charge is 0.229 e. The standard InChI is InChI=1S/C17H28N4O2S/c1-13-9-14(2)12-21(11-13)17(18-3)19-10-15-7-5-6-8-16(15)20-24(4,22)23/h5-8,13-14,20H,9-12H2,1-4H3,(H,18,19). The van der Waals surface area contributed by atoms with Gasteiger partial charge in [0.1, 0.15) is 0 Å². The zero-order valence-corrected chi connectivity index (χ0v) is 15.7. The Morgan fingerprint density at radius 2 is 1.88 bits per heavy atom. The van der Waals surface area contributed by atoms with Crippen molar-refractivity contribution in [3.05, 3.63) is 29.8 Å². The number of hydrogen-bond donors (Lipinski definition) is 2. The first-order valence-corrected chi connectivity index (χ1v) is 10.2. The Kier molecular flexibility index (Phi) is 6.10. The van der Waals surface area contributed by atoms with Crippen molar-refractivity contribution in [2.75, 3.05) is 31.1 Å². The minimum absolute atomic E-state index is 0.518. The number of para-hydroxylation sites is 1. The second kappa shape index (κ2) is 7.88. The summed E-state index contributed by atoms with van der Waals surface area (Å²) in [4.78, 5) is 6.68. The maximum atomic E-state index is 11.5. The fourth-order valence-corrected chi connectivity index (χ4v) is 3.91. The Labute approximate surface area is 145 Å². The van der Waals surface area contributed by atoms with Crippen LogP contribution in [-0.4, -0.2) is 45.7 Å². The SMILES string of the molecule is CN=C(NCc1ccccc1NS(C)(=O)=O)N1CC(C)CC(C)C1. The van der Waals surface area contributed by atoms with Gasteiger partial charge in [-0.3, -0.25) is 9.71 Å². The fourth-order valence-electron chi connectivity index (χ4n) is 3.32. The molecule has 7 heteroatoms. The zero-order valence-electron chi connectivity index (χ0n) is 14.9. The van der Waals surface area contributed by atoms with Crippen molar-refractivity contribution in [2.45, 2.75) is 26.8 Å². The molecule has 1 aliphatic rings. The lowest BCUT2D eigenvalue weighted by molar-refractivity contribution is 0.208. The van der Waals surface area contributed by atoms with Gasteiger partial charge in [-0.25, -0.2) is 8.42 Å². The molecule has 1 aromatic carbocycles. The van der Waals surface area contributed by atoms with E-state index in [9.17, 15) is 8.42 Å². The molecule has 1 saturated heterocycles. The zero-order chi connectivity index (χ0) is 17.7. The van der Waals surface area contributed by atoms with Gasteiger partial charge in [0, 0.05) is 26.7 Å². The van der Waals surface area contributed by atoms with Crippen LogP contribution < -0.4 is 10.0 Å². The average Bonchev–Trinajstić information content (AvgIpc) is 2.47. The number of nitrogens with zero attached hydrogens (tertiary/aromatic N) is 2. The quantitative estimate of drug-likeness (QED) is 0.643. The molecule has 0 radical (unpaired) electrons. The number of likely N-dealkylation sites (tertiary alicyclic amines) is 1. The van der Waals surface area contributed by atoms with Crippen LogP contribution in [0, 0.1) is 11.8 Å². The summed E-state index contributed by atoms with van der Waals surface area (Å²) in [7, 11) is -1.51. The molecular weight excluding hydrogens is 324 g/mol. The Morgan fingerprint density at radius 3 is 2.46 bits per heavy atom. The number of piperidine rings is 1. The highest BCUT2D eigenvalue weighted by atomic mass is 32.2. The molecule has 1 fully saturated rings. The van der Waals surface area contributed by atoms with Crippen molar-refractivity contribution in [2.24, 2.45) is 16.8 Å². The summed E-state index contributed by atoms with van der Waals surface area (Å²) in [6.45, 7) is 7.04. The van der Waals surface area contributed by atoms with Gasteiger partial charge in [0.2, 0.25) is 10.0 Å². The van der Waals surface area contributed by atoms with E-state index in [1.807, 2.05) is 18.2 Å². The van der Waals surface area contributed by atoms with Gasteiger partial charge >= 0.3 is 0 Å². The van der Waals surface area contributed by atoms with Crippen LogP contribution in [0.15, 0.2) is 29.3 Å². The van der Waals surface area contributed by atoms with E-state index in [2.05, 4.69) is 33.8 Å². The first-order valence-electron chi connectivity index (χ1n) is 8.29. The van der Waals surface area contributed by atoms with Gasteiger partial charge < -0.3 is 10.2 Å². The molecule has 134 valence electrons. The monoisotopic (exact) mass is 352 g/mol. The minimum Gasteiger partial charge on any atom is -0.352 e. The van der Waals surface area contributed by atoms with E-state index >= 15 is 0 Å². The first kappa shape index (κ1) is 18.6. The second-order valence-corrected chi connectivity index (χ2v) is 8.53. The summed E-state index contributed by atoms with van der Waals surface area (Å²) in [6.07, 6.45) is 2.40. The summed E-state index contributed by atoms with van der Waals surface area (Å²) in [6, 6.07) is 7.40. The largest absolute Gasteiger partial charge is 0.352 e. The lowest BCUT2D eigenvalue weighted by Gasteiger charge is -2.37. The van der Waals surface area contributed by atoms with Crippen LogP contribution in [-0.2, 0) is 16.6 Å². The third kappa shape index (κ3) is 5.40. The van der Waals surface area contributed by atoms with Crippen molar-refractivity contribution >= 4 is 21.7 Å². The number of benzene rings is 1. The van der Waals surface area contributed by atoms with Gasteiger partial charge in [-0.05, 0) is 29.9 Å². The van der Waals surface area contributed by atoms with Crippen molar-refractivity contribution in [1.29, 1.82) is 0 Å². The molecule has 1 heterocycles. The molecule has 0 aliphatic carbocycles. The predicted octanol–water partition coefficient (Wildman–Crippen LogP) is 2.11. The maximum Gasteiger partial charge on any atom is 0.229 e. The van der Waals surface area contributed by atoms with Gasteiger partial charge in [-0.15, -0.1) is 0 Å². The summed E-state index contributed by atoms with van der Waals surface area (Å²) in [5, 5.41) is 3.36. The highest BCUT2D eigenvalue weighted by Gasteiger charge is 2.24. The molecule has 1 aromatic rings. The molecule has 2 rings (SSSR count). The Bertz CT molecular complexity index is 678. The highest BCUT2D eigenvalue weighted by molar-refractivity contribution is 7.92. The van der Waals surface area contributed by atoms with Crippen molar-refractivity contribution in [3.63, 3.8) is 0 Å². The number of rotatable bonds is 4. The van der Waals surface area contributed by atoms with Crippen molar-refractivity contribution < 1.29 is 8.42 Å². The molecule has 0 aromatic heterocycles. The van der Waals surface area contributed by atoms with Crippen LogP contribution in [0.4, 0.5) is 5.69 Å². The Balaban J connectivity index is 2.06. The van der Waals surface area contributed by atoms with Crippen LogP contribution >= 0.6 is 0 Å². The van der Waals surface area contributed by atoms with E-state index in [0.29, 0.717) is 24.1 Å². The molecule has 2 unspecified atom stereocenters. The van der Waals surface area contributed by atoms with E-state index in [1.54, 1.807) is 13.1 Å². The molecule has 6 nitrogen and oxygen atoms in total. The van der Waals surface area contributed by atoms with E-state index in [1.165, 1.54) is 6.42 Å². The van der Waals surface area contributed by atoms with Gasteiger partial charge in [0.25, 0.3) is 0 Å². The molecule has 0 saturated carbocycles. The van der Waals surface area contributed by atoms with Gasteiger partial charge in [-0.1, -0.05) is 32.0 Å². The predicted molar refractivity (Wildman–Crippen MR) is 99.6 cm³/mol. The molecule has 0 amide bonds. The van der Waals surface area contributed by atoms with E-state index in [0.717, 1.165) is 30.9 Å². The van der Waals surface area contributed by atoms with Gasteiger partial charge in [0.05, 0.1) is 11.9 Å². The second-order valence-electron chi connectivity index (χ2n) is 6.78. The van der Waals surface area contributed by atoms with Gasteiger partial charge in [0.15, 0.2) is 5.96 Å². The minimum atomic E-state index is -3.30. The molecule has 2 N–H and O–H groups in total. The Hall–Kier alpha value is -1.76. The number of guanidine groups is 1. The number of aliphatic imine (C=N–C) groups is 1. The van der Waals surface area contributed by atoms with Crippen molar-refractivity contribution in [3.8, 4) is 0 Å². The van der Waals surface area contributed by atoms with Gasteiger partial charge in [-0.2, -0.15) is 0 Å². The highest BCUT2D eigenvalue weighted by Crippen LogP contribution is 2.21. The third-order valence-electron chi connectivity index (χ3n) is 4.13.